The molecule has 0 radical (unpaired) electrons. The average molecular weight is 410 g/mol. The van der Waals surface area contributed by atoms with Gasteiger partial charge in [0.15, 0.2) is 5.82 Å². The summed E-state index contributed by atoms with van der Waals surface area (Å²) in [5.41, 5.74) is 2.27. The normalized spacial score (nSPS) is 16.6. The lowest BCUT2D eigenvalue weighted by Crippen LogP contribution is -2.39. The van der Waals surface area contributed by atoms with Gasteiger partial charge in [0.2, 0.25) is 5.89 Å². The highest BCUT2D eigenvalue weighted by Gasteiger charge is 2.34. The van der Waals surface area contributed by atoms with Crippen LogP contribution in [0, 0.1) is 20.8 Å². The van der Waals surface area contributed by atoms with E-state index >= 15 is 0 Å². The zero-order chi connectivity index (χ0) is 21.1. The van der Waals surface area contributed by atoms with Crippen LogP contribution in [0.15, 0.2) is 33.3 Å². The second-order valence-electron chi connectivity index (χ2n) is 7.67. The number of aryl methyl sites for hydroxylation is 3. The second-order valence-corrected chi connectivity index (χ2v) is 7.67. The van der Waals surface area contributed by atoms with E-state index in [4.69, 9.17) is 13.8 Å². The third kappa shape index (κ3) is 4.22. The maximum absolute atomic E-state index is 13.2. The third-order valence-corrected chi connectivity index (χ3v) is 5.36. The zero-order valence-corrected chi connectivity index (χ0v) is 17.6. The Morgan fingerprint density at radius 2 is 2.07 bits per heavy atom. The van der Waals surface area contributed by atoms with Crippen LogP contribution in [0.5, 0.6) is 5.75 Å². The molecule has 1 amide bonds. The van der Waals surface area contributed by atoms with E-state index in [-0.39, 0.29) is 11.9 Å². The lowest BCUT2D eigenvalue weighted by Gasteiger charge is -2.33. The van der Waals surface area contributed by atoms with Gasteiger partial charge in [0.25, 0.3) is 5.91 Å². The third-order valence-electron chi connectivity index (χ3n) is 5.36. The summed E-state index contributed by atoms with van der Waals surface area (Å²) in [6.45, 7) is 6.65. The number of benzene rings is 1. The van der Waals surface area contributed by atoms with Crippen molar-refractivity contribution in [3.8, 4) is 5.75 Å². The van der Waals surface area contributed by atoms with E-state index < -0.39 is 0 Å². The molecule has 0 spiro atoms. The van der Waals surface area contributed by atoms with Gasteiger partial charge in [-0.1, -0.05) is 22.4 Å². The van der Waals surface area contributed by atoms with Crippen LogP contribution in [0.3, 0.4) is 0 Å². The Kier molecular flexibility index (Phi) is 5.83. The smallest absolute Gasteiger partial charge is 0.260 e. The number of piperidine rings is 1. The number of carbonyl (C=O) groups excluding carboxylic acids is 1. The predicted molar refractivity (Wildman–Crippen MR) is 108 cm³/mol. The summed E-state index contributed by atoms with van der Waals surface area (Å²) < 4.78 is 16.5. The number of nitrogens with zero attached hydrogens (tertiary/aromatic N) is 4. The Bertz CT molecular complexity index is 1010. The van der Waals surface area contributed by atoms with Crippen LogP contribution in [0.1, 0.15) is 64.4 Å². The summed E-state index contributed by atoms with van der Waals surface area (Å²) in [5, 5.41) is 8.01. The molecule has 1 saturated heterocycles. The number of rotatable bonds is 6. The van der Waals surface area contributed by atoms with Crippen LogP contribution >= 0.6 is 0 Å². The number of likely N-dealkylation sites (tertiary alicyclic amines) is 1. The Balaban J connectivity index is 1.43. The topological polar surface area (TPSA) is 94.5 Å². The molecule has 1 unspecified atom stereocenters. The van der Waals surface area contributed by atoms with Crippen LogP contribution in [0.25, 0.3) is 0 Å². The number of carbonyl (C=O) groups is 1. The van der Waals surface area contributed by atoms with Gasteiger partial charge < -0.3 is 18.7 Å². The first-order chi connectivity index (χ1) is 14.5. The lowest BCUT2D eigenvalue weighted by atomic mass is 10.00. The fourth-order valence-electron chi connectivity index (χ4n) is 3.83. The van der Waals surface area contributed by atoms with Crippen LogP contribution in [0.2, 0.25) is 0 Å². The highest BCUT2D eigenvalue weighted by atomic mass is 16.5. The van der Waals surface area contributed by atoms with Crippen molar-refractivity contribution in [2.45, 2.75) is 52.5 Å². The molecule has 1 aliphatic heterocycles. The van der Waals surface area contributed by atoms with E-state index in [1.165, 1.54) is 0 Å². The SMILES string of the molecule is Cc1cccc(OCCc2noc(C3CCCCN3C(=O)c3c(C)noc3C)n2)c1. The van der Waals surface area contributed by atoms with E-state index in [0.29, 0.717) is 48.3 Å². The van der Waals surface area contributed by atoms with Crippen LogP contribution in [-0.2, 0) is 6.42 Å². The van der Waals surface area contributed by atoms with E-state index in [2.05, 4.69) is 15.3 Å². The first kappa shape index (κ1) is 20.1. The molecule has 1 aliphatic rings. The molecule has 3 aromatic rings. The maximum Gasteiger partial charge on any atom is 0.260 e. The van der Waals surface area contributed by atoms with Gasteiger partial charge in [-0.25, -0.2) is 0 Å². The summed E-state index contributed by atoms with van der Waals surface area (Å²) >= 11 is 0. The van der Waals surface area contributed by atoms with Crippen molar-refractivity contribution in [1.82, 2.24) is 20.2 Å². The number of hydrogen-bond acceptors (Lipinski definition) is 7. The number of aromatic nitrogens is 3. The lowest BCUT2D eigenvalue weighted by molar-refractivity contribution is 0.0559. The van der Waals surface area contributed by atoms with Crippen molar-refractivity contribution in [2.24, 2.45) is 0 Å². The Hall–Kier alpha value is -3.16. The average Bonchev–Trinajstić information content (AvgIpc) is 3.34. The molecule has 158 valence electrons. The minimum atomic E-state index is -0.237. The van der Waals surface area contributed by atoms with Crippen molar-refractivity contribution in [2.75, 3.05) is 13.2 Å². The fraction of sp³-hybridized carbons (Fsp3) is 0.455. The monoisotopic (exact) mass is 410 g/mol. The van der Waals surface area contributed by atoms with Crippen molar-refractivity contribution < 1.29 is 18.6 Å². The number of ether oxygens (including phenoxy) is 1. The molecule has 1 atom stereocenters. The van der Waals surface area contributed by atoms with E-state index in [9.17, 15) is 4.79 Å². The van der Waals surface area contributed by atoms with Gasteiger partial charge >= 0.3 is 0 Å². The van der Waals surface area contributed by atoms with Crippen LogP contribution < -0.4 is 4.74 Å². The van der Waals surface area contributed by atoms with Crippen LogP contribution in [-0.4, -0.2) is 39.3 Å². The van der Waals surface area contributed by atoms with Gasteiger partial charge in [-0.2, -0.15) is 4.98 Å². The summed E-state index contributed by atoms with van der Waals surface area (Å²) in [4.78, 5) is 19.5. The van der Waals surface area contributed by atoms with Crippen LogP contribution in [0.4, 0.5) is 0 Å². The van der Waals surface area contributed by atoms with Gasteiger partial charge in [0, 0.05) is 13.0 Å². The first-order valence-corrected chi connectivity index (χ1v) is 10.3. The molecular weight excluding hydrogens is 384 g/mol. The standard InChI is InChI=1S/C22H26N4O4/c1-14-7-6-8-17(13-14)28-12-10-19-23-21(30-25-19)18-9-4-5-11-26(18)22(27)20-15(2)24-29-16(20)3/h6-8,13,18H,4-5,9-12H2,1-3H3. The molecule has 4 rings (SSSR count). The summed E-state index contributed by atoms with van der Waals surface area (Å²) in [6.07, 6.45) is 3.26. The van der Waals surface area contributed by atoms with E-state index in [1.54, 1.807) is 18.7 Å². The first-order valence-electron chi connectivity index (χ1n) is 10.3. The molecule has 2 aromatic heterocycles. The van der Waals surface area contributed by atoms with E-state index in [0.717, 1.165) is 30.6 Å². The van der Waals surface area contributed by atoms with Crippen molar-refractivity contribution in [3.63, 3.8) is 0 Å². The second kappa shape index (κ2) is 8.69. The molecule has 1 aromatic carbocycles. The van der Waals surface area contributed by atoms with Gasteiger partial charge in [-0.15, -0.1) is 0 Å². The minimum absolute atomic E-state index is 0.0986. The van der Waals surface area contributed by atoms with Gasteiger partial charge in [-0.05, 0) is 57.7 Å². The fourth-order valence-corrected chi connectivity index (χ4v) is 3.83. The molecule has 0 aliphatic carbocycles. The van der Waals surface area contributed by atoms with E-state index in [1.807, 2.05) is 31.2 Å². The van der Waals surface area contributed by atoms with Crippen molar-refractivity contribution in [1.29, 1.82) is 0 Å². The minimum Gasteiger partial charge on any atom is -0.493 e. The molecule has 1 fully saturated rings. The summed E-state index contributed by atoms with van der Waals surface area (Å²) in [5.74, 6) is 2.30. The summed E-state index contributed by atoms with van der Waals surface area (Å²) in [6, 6.07) is 7.67. The highest BCUT2D eigenvalue weighted by Crippen LogP contribution is 2.32. The van der Waals surface area contributed by atoms with Crippen molar-refractivity contribution in [3.05, 3.63) is 58.6 Å². The molecule has 3 heterocycles. The summed E-state index contributed by atoms with van der Waals surface area (Å²) in [7, 11) is 0. The molecular formula is C22H26N4O4. The Morgan fingerprint density at radius 1 is 1.20 bits per heavy atom. The molecule has 8 heteroatoms. The number of amides is 1. The maximum atomic E-state index is 13.2. The molecule has 30 heavy (non-hydrogen) atoms. The van der Waals surface area contributed by atoms with Gasteiger partial charge in [-0.3, -0.25) is 4.79 Å². The van der Waals surface area contributed by atoms with Gasteiger partial charge in [0.1, 0.15) is 23.1 Å². The molecule has 0 N–H and O–H groups in total. The molecule has 0 saturated carbocycles. The van der Waals surface area contributed by atoms with Gasteiger partial charge in [0.05, 0.1) is 12.3 Å². The number of hydrogen-bond donors (Lipinski definition) is 0. The largest absolute Gasteiger partial charge is 0.493 e. The Morgan fingerprint density at radius 3 is 2.83 bits per heavy atom. The predicted octanol–water partition coefficient (Wildman–Crippen LogP) is 3.97. The van der Waals surface area contributed by atoms with Crippen molar-refractivity contribution >= 4 is 5.91 Å². The zero-order valence-electron chi connectivity index (χ0n) is 17.6. The quantitative estimate of drug-likeness (QED) is 0.607. The molecule has 0 bridgehead atoms. The highest BCUT2D eigenvalue weighted by molar-refractivity contribution is 5.96. The molecule has 8 nitrogen and oxygen atoms in total. The Labute approximate surface area is 175 Å².